The molecule has 0 saturated heterocycles. The Morgan fingerprint density at radius 2 is 2.26 bits per heavy atom. The van der Waals surface area contributed by atoms with E-state index >= 15 is 0 Å². The molecule has 0 spiro atoms. The maximum atomic E-state index is 5.69. The molecule has 5 nitrogen and oxygen atoms in total. The van der Waals surface area contributed by atoms with E-state index in [2.05, 4.69) is 45.5 Å². The number of aromatic nitrogens is 2. The number of nitrogens with one attached hydrogen (secondary N) is 1. The zero-order valence-corrected chi connectivity index (χ0v) is 11.3. The normalized spacial score (nSPS) is 14.5. The minimum atomic E-state index is 0.593. The predicted molar refractivity (Wildman–Crippen MR) is 73.6 cm³/mol. The molecule has 0 saturated carbocycles. The molecule has 100 valence electrons. The molecule has 1 aromatic carbocycles. The molecule has 0 atom stereocenters. The first kappa shape index (κ1) is 12.2. The average molecular weight is 258 g/mol. The van der Waals surface area contributed by atoms with Crippen LogP contribution in [-0.4, -0.2) is 23.8 Å². The molecule has 0 aliphatic carbocycles. The van der Waals surface area contributed by atoms with Crippen molar-refractivity contribution in [2.45, 2.75) is 26.3 Å². The van der Waals surface area contributed by atoms with Crippen molar-refractivity contribution in [2.24, 2.45) is 0 Å². The number of hydrogen-bond acceptors (Lipinski definition) is 5. The van der Waals surface area contributed by atoms with Gasteiger partial charge in [-0.05, 0) is 38.4 Å². The maximum absolute atomic E-state index is 5.69. The van der Waals surface area contributed by atoms with Gasteiger partial charge in [0.25, 0.3) is 0 Å². The van der Waals surface area contributed by atoms with E-state index < -0.39 is 0 Å². The molecule has 1 aromatic heterocycles. The second-order valence-electron chi connectivity index (χ2n) is 4.90. The summed E-state index contributed by atoms with van der Waals surface area (Å²) in [6.45, 7) is 3.65. The molecule has 1 N–H and O–H groups in total. The first-order chi connectivity index (χ1) is 9.28. The molecule has 1 aliphatic heterocycles. The van der Waals surface area contributed by atoms with Crippen molar-refractivity contribution in [3.63, 3.8) is 0 Å². The van der Waals surface area contributed by atoms with Crippen molar-refractivity contribution in [2.75, 3.05) is 18.5 Å². The summed E-state index contributed by atoms with van der Waals surface area (Å²) in [6, 6.07) is 7.11. The Morgan fingerprint density at radius 1 is 1.37 bits per heavy atom. The Morgan fingerprint density at radius 3 is 3.11 bits per heavy atom. The smallest absolute Gasteiger partial charge is 0.322 e. The molecule has 0 fully saturated rings. The van der Waals surface area contributed by atoms with Crippen LogP contribution in [0.2, 0.25) is 0 Å². The summed E-state index contributed by atoms with van der Waals surface area (Å²) in [5, 5.41) is 11.2. The van der Waals surface area contributed by atoms with E-state index in [1.54, 1.807) is 0 Å². The fourth-order valence-corrected chi connectivity index (χ4v) is 2.50. The molecule has 0 unspecified atom stereocenters. The number of benzene rings is 1. The molecule has 2 aromatic rings. The van der Waals surface area contributed by atoms with Crippen LogP contribution in [0, 0.1) is 6.92 Å². The molecule has 19 heavy (non-hydrogen) atoms. The van der Waals surface area contributed by atoms with E-state index in [1.165, 1.54) is 16.8 Å². The fraction of sp³-hybridized carbons (Fsp3) is 0.429. The van der Waals surface area contributed by atoms with Gasteiger partial charge in [-0.25, -0.2) is 0 Å². The Kier molecular flexibility index (Phi) is 3.21. The quantitative estimate of drug-likeness (QED) is 0.914. The number of nitrogens with zero attached hydrogens (tertiary/aromatic N) is 3. The lowest BCUT2D eigenvalue weighted by atomic mass is 10.00. The van der Waals surface area contributed by atoms with Crippen LogP contribution in [0.25, 0.3) is 0 Å². The van der Waals surface area contributed by atoms with Gasteiger partial charge in [0.1, 0.15) is 0 Å². The van der Waals surface area contributed by atoms with Crippen LogP contribution < -0.4 is 10.2 Å². The van der Waals surface area contributed by atoms with Gasteiger partial charge in [0.05, 0.1) is 6.54 Å². The number of rotatable bonds is 3. The molecule has 0 bridgehead atoms. The summed E-state index contributed by atoms with van der Waals surface area (Å²) in [7, 11) is 1.86. The van der Waals surface area contributed by atoms with Crippen molar-refractivity contribution in [1.29, 1.82) is 0 Å². The highest BCUT2D eigenvalue weighted by molar-refractivity contribution is 5.63. The lowest BCUT2D eigenvalue weighted by molar-refractivity contribution is 0.477. The van der Waals surface area contributed by atoms with E-state index in [1.807, 2.05) is 7.05 Å². The van der Waals surface area contributed by atoms with Crippen molar-refractivity contribution in [3.8, 4) is 0 Å². The third kappa shape index (κ3) is 2.33. The molecule has 3 rings (SSSR count). The van der Waals surface area contributed by atoms with E-state index in [0.717, 1.165) is 19.4 Å². The molecule has 2 heterocycles. The number of fused-ring (bicyclic) bond motifs is 1. The minimum Gasteiger partial charge on any atom is -0.406 e. The number of aryl methyl sites for hydroxylation is 2. The van der Waals surface area contributed by atoms with Crippen LogP contribution in [0.3, 0.4) is 0 Å². The van der Waals surface area contributed by atoms with Gasteiger partial charge in [0.15, 0.2) is 0 Å². The summed E-state index contributed by atoms with van der Waals surface area (Å²) >= 11 is 0. The second kappa shape index (κ2) is 5.01. The van der Waals surface area contributed by atoms with Gasteiger partial charge in [-0.2, -0.15) is 0 Å². The fourth-order valence-electron chi connectivity index (χ4n) is 2.50. The van der Waals surface area contributed by atoms with Crippen LogP contribution in [-0.2, 0) is 13.0 Å². The highest BCUT2D eigenvalue weighted by Gasteiger charge is 2.22. The SMILES string of the molecule is CNCc1nnc(N2CCCc3cc(C)ccc32)o1. The van der Waals surface area contributed by atoms with Crippen molar-refractivity contribution >= 4 is 11.7 Å². The summed E-state index contributed by atoms with van der Waals surface area (Å²) < 4.78 is 5.69. The van der Waals surface area contributed by atoms with Gasteiger partial charge in [-0.1, -0.05) is 22.8 Å². The summed E-state index contributed by atoms with van der Waals surface area (Å²) in [5.41, 5.74) is 3.85. The Labute approximate surface area is 112 Å². The topological polar surface area (TPSA) is 54.2 Å². The third-order valence-electron chi connectivity index (χ3n) is 3.37. The molecular formula is C14H18N4O. The Hall–Kier alpha value is -1.88. The van der Waals surface area contributed by atoms with Crippen molar-refractivity contribution in [3.05, 3.63) is 35.2 Å². The molecule has 0 radical (unpaired) electrons. The van der Waals surface area contributed by atoms with Gasteiger partial charge < -0.3 is 9.73 Å². The summed E-state index contributed by atoms with van der Waals surface area (Å²) in [4.78, 5) is 2.12. The molecule has 0 amide bonds. The second-order valence-corrected chi connectivity index (χ2v) is 4.90. The lowest BCUT2D eigenvalue weighted by Crippen LogP contribution is -2.24. The van der Waals surface area contributed by atoms with E-state index in [0.29, 0.717) is 18.5 Å². The zero-order chi connectivity index (χ0) is 13.2. The van der Waals surface area contributed by atoms with Gasteiger partial charge >= 0.3 is 6.01 Å². The van der Waals surface area contributed by atoms with E-state index in [-0.39, 0.29) is 0 Å². The van der Waals surface area contributed by atoms with E-state index in [4.69, 9.17) is 4.42 Å². The summed E-state index contributed by atoms with van der Waals surface area (Å²) in [5.74, 6) is 0.622. The first-order valence-corrected chi connectivity index (χ1v) is 6.62. The predicted octanol–water partition coefficient (Wildman–Crippen LogP) is 2.18. The highest BCUT2D eigenvalue weighted by Crippen LogP contribution is 2.33. The van der Waals surface area contributed by atoms with Crippen LogP contribution >= 0.6 is 0 Å². The zero-order valence-electron chi connectivity index (χ0n) is 11.3. The van der Waals surface area contributed by atoms with E-state index in [9.17, 15) is 0 Å². The van der Waals surface area contributed by atoms with Crippen LogP contribution in [0.1, 0.15) is 23.4 Å². The third-order valence-corrected chi connectivity index (χ3v) is 3.37. The monoisotopic (exact) mass is 258 g/mol. The standard InChI is InChI=1S/C14H18N4O/c1-10-5-6-12-11(8-10)4-3-7-18(12)14-17-16-13(19-14)9-15-2/h5-6,8,15H,3-4,7,9H2,1-2H3. The lowest BCUT2D eigenvalue weighted by Gasteiger charge is -2.27. The van der Waals surface area contributed by atoms with Crippen molar-refractivity contribution < 1.29 is 4.42 Å². The van der Waals surface area contributed by atoms with Gasteiger partial charge in [0, 0.05) is 12.2 Å². The molecular weight excluding hydrogens is 240 g/mol. The average Bonchev–Trinajstić information content (AvgIpc) is 2.86. The van der Waals surface area contributed by atoms with Gasteiger partial charge in [-0.15, -0.1) is 5.10 Å². The Balaban J connectivity index is 1.94. The molecule has 5 heteroatoms. The largest absolute Gasteiger partial charge is 0.406 e. The van der Waals surface area contributed by atoms with Crippen LogP contribution in [0.4, 0.5) is 11.7 Å². The minimum absolute atomic E-state index is 0.593. The molecule has 1 aliphatic rings. The highest BCUT2D eigenvalue weighted by atomic mass is 16.4. The number of anilines is 2. The first-order valence-electron chi connectivity index (χ1n) is 6.62. The van der Waals surface area contributed by atoms with Gasteiger partial charge in [0.2, 0.25) is 5.89 Å². The Bertz CT molecular complexity index is 579. The number of hydrogen-bond donors (Lipinski definition) is 1. The maximum Gasteiger partial charge on any atom is 0.322 e. The van der Waals surface area contributed by atoms with Crippen LogP contribution in [0.5, 0.6) is 0 Å². The van der Waals surface area contributed by atoms with Crippen LogP contribution in [0.15, 0.2) is 22.6 Å². The van der Waals surface area contributed by atoms with Crippen molar-refractivity contribution in [1.82, 2.24) is 15.5 Å². The summed E-state index contributed by atoms with van der Waals surface area (Å²) in [6.07, 6.45) is 2.23. The van der Waals surface area contributed by atoms with Gasteiger partial charge in [-0.3, -0.25) is 4.90 Å².